The van der Waals surface area contributed by atoms with Crippen LogP contribution >= 0.6 is 12.2 Å². The van der Waals surface area contributed by atoms with Crippen LogP contribution in [0.1, 0.15) is 22.6 Å². The van der Waals surface area contributed by atoms with Crippen molar-refractivity contribution < 1.29 is 18.0 Å². The molecule has 1 atom stereocenters. The van der Waals surface area contributed by atoms with E-state index in [9.17, 15) is 18.0 Å². The fourth-order valence-corrected chi connectivity index (χ4v) is 5.89. The van der Waals surface area contributed by atoms with Crippen LogP contribution in [-0.2, 0) is 19.4 Å². The molecule has 1 saturated heterocycles. The minimum Gasteiger partial charge on any atom is -0.302 e. The summed E-state index contributed by atoms with van der Waals surface area (Å²) in [6.45, 7) is 1.91. The molecule has 8 heteroatoms. The van der Waals surface area contributed by atoms with Crippen molar-refractivity contribution in [1.29, 1.82) is 0 Å². The molecule has 0 aliphatic carbocycles. The average Bonchev–Trinajstić information content (AvgIpc) is 2.67. The van der Waals surface area contributed by atoms with E-state index in [-0.39, 0.29) is 16.4 Å². The number of nitrogens with one attached hydrogen (secondary N) is 2. The summed E-state index contributed by atoms with van der Waals surface area (Å²) in [4.78, 5) is 26.7. The standard InChI is InChI=1S/C21H18N2O4S2/c1-13-7-9-15(10-8-13)17-12-29(26,27)11-16(14-5-3-2-4-6-14)21(17)18(24)22-20(28)23-19(21)25/h2-11,17H,12H2,1H3,(H2,22,23,24,25,28). The van der Waals surface area contributed by atoms with Gasteiger partial charge in [-0.05, 0) is 35.8 Å². The minimum absolute atomic E-state index is 0.0888. The highest BCUT2D eigenvalue weighted by Crippen LogP contribution is 2.52. The Morgan fingerprint density at radius 1 is 0.966 bits per heavy atom. The molecule has 2 aromatic carbocycles. The van der Waals surface area contributed by atoms with Gasteiger partial charge in [0.05, 0.1) is 5.75 Å². The second-order valence-corrected chi connectivity index (χ2v) is 9.54. The Kier molecular flexibility index (Phi) is 4.63. The van der Waals surface area contributed by atoms with Crippen LogP contribution in [0, 0.1) is 12.3 Å². The van der Waals surface area contributed by atoms with E-state index >= 15 is 0 Å². The lowest BCUT2D eigenvalue weighted by Gasteiger charge is -2.44. The molecule has 2 heterocycles. The van der Waals surface area contributed by atoms with E-state index in [1.165, 1.54) is 0 Å². The molecule has 0 saturated carbocycles. The zero-order valence-corrected chi connectivity index (χ0v) is 17.1. The first kappa shape index (κ1) is 19.5. The minimum atomic E-state index is -3.68. The smallest absolute Gasteiger partial charge is 0.247 e. The number of carbonyl (C=O) groups is 2. The molecule has 0 aromatic heterocycles. The SMILES string of the molecule is Cc1ccc(C2CS(=O)(=O)C=C(c3ccccc3)C23C(=O)NC(=S)NC3=O)cc1. The van der Waals surface area contributed by atoms with Gasteiger partial charge >= 0.3 is 0 Å². The molecule has 2 N–H and O–H groups in total. The number of thiocarbonyl (C=S) groups is 1. The third kappa shape index (κ3) is 3.18. The Labute approximate surface area is 173 Å². The number of carbonyl (C=O) groups excluding carboxylic acids is 2. The molecule has 2 aromatic rings. The van der Waals surface area contributed by atoms with E-state index in [0.717, 1.165) is 11.0 Å². The van der Waals surface area contributed by atoms with Crippen molar-refractivity contribution in [2.75, 3.05) is 5.75 Å². The lowest BCUT2D eigenvalue weighted by Crippen LogP contribution is -2.66. The molecule has 0 radical (unpaired) electrons. The van der Waals surface area contributed by atoms with E-state index in [1.54, 1.807) is 42.5 Å². The fraction of sp³-hybridized carbons (Fsp3) is 0.190. The van der Waals surface area contributed by atoms with E-state index in [2.05, 4.69) is 10.6 Å². The van der Waals surface area contributed by atoms with Crippen molar-refractivity contribution in [2.24, 2.45) is 5.41 Å². The zero-order chi connectivity index (χ0) is 20.8. The largest absolute Gasteiger partial charge is 0.302 e. The Morgan fingerprint density at radius 2 is 1.55 bits per heavy atom. The van der Waals surface area contributed by atoms with Gasteiger partial charge in [-0.3, -0.25) is 9.59 Å². The lowest BCUT2D eigenvalue weighted by molar-refractivity contribution is -0.140. The Morgan fingerprint density at radius 3 is 2.14 bits per heavy atom. The first-order valence-electron chi connectivity index (χ1n) is 8.98. The maximum atomic E-state index is 13.3. The van der Waals surface area contributed by atoms with Gasteiger partial charge in [-0.1, -0.05) is 60.2 Å². The van der Waals surface area contributed by atoms with Crippen LogP contribution < -0.4 is 10.6 Å². The normalized spacial score (nSPS) is 22.6. The molecule has 0 bridgehead atoms. The molecule has 1 spiro atoms. The highest BCUT2D eigenvalue weighted by molar-refractivity contribution is 7.94. The second kappa shape index (κ2) is 6.89. The van der Waals surface area contributed by atoms with Crippen molar-refractivity contribution in [1.82, 2.24) is 10.6 Å². The topological polar surface area (TPSA) is 92.3 Å². The van der Waals surface area contributed by atoms with Crippen LogP contribution in [0.4, 0.5) is 0 Å². The van der Waals surface area contributed by atoms with E-state index < -0.39 is 33.0 Å². The summed E-state index contributed by atoms with van der Waals surface area (Å²) < 4.78 is 25.6. The van der Waals surface area contributed by atoms with Gasteiger partial charge in [-0.2, -0.15) is 0 Å². The number of benzene rings is 2. The number of amides is 2. The van der Waals surface area contributed by atoms with Crippen molar-refractivity contribution in [2.45, 2.75) is 12.8 Å². The van der Waals surface area contributed by atoms with Gasteiger partial charge in [0.25, 0.3) is 0 Å². The quantitative estimate of drug-likeness (QED) is 0.567. The molecule has 6 nitrogen and oxygen atoms in total. The second-order valence-electron chi connectivity index (χ2n) is 7.24. The monoisotopic (exact) mass is 426 g/mol. The first-order chi connectivity index (χ1) is 13.7. The zero-order valence-electron chi connectivity index (χ0n) is 15.5. The van der Waals surface area contributed by atoms with Gasteiger partial charge in [0.1, 0.15) is 0 Å². The van der Waals surface area contributed by atoms with Gasteiger partial charge in [0, 0.05) is 11.3 Å². The molecule has 1 unspecified atom stereocenters. The van der Waals surface area contributed by atoms with Crippen LogP contribution in [0.3, 0.4) is 0 Å². The number of hydrogen-bond acceptors (Lipinski definition) is 5. The third-order valence-corrected chi connectivity index (χ3v) is 6.98. The molecule has 1 fully saturated rings. The predicted octanol–water partition coefficient (Wildman–Crippen LogP) is 2.07. The highest BCUT2D eigenvalue weighted by atomic mass is 32.2. The van der Waals surface area contributed by atoms with Crippen LogP contribution in [0.25, 0.3) is 5.57 Å². The van der Waals surface area contributed by atoms with Gasteiger partial charge in [-0.15, -0.1) is 0 Å². The van der Waals surface area contributed by atoms with Crippen LogP contribution in [0.5, 0.6) is 0 Å². The van der Waals surface area contributed by atoms with Crippen molar-refractivity contribution in [3.63, 3.8) is 0 Å². The van der Waals surface area contributed by atoms with Gasteiger partial charge in [0.15, 0.2) is 20.4 Å². The third-order valence-electron chi connectivity index (χ3n) is 5.38. The first-order valence-corrected chi connectivity index (χ1v) is 11.1. The Balaban J connectivity index is 2.04. The molecular weight excluding hydrogens is 408 g/mol. The van der Waals surface area contributed by atoms with E-state index in [0.29, 0.717) is 11.1 Å². The summed E-state index contributed by atoms with van der Waals surface area (Å²) >= 11 is 4.98. The molecule has 2 amide bonds. The van der Waals surface area contributed by atoms with E-state index in [1.807, 2.05) is 19.1 Å². The number of sulfone groups is 1. The molecule has 2 aliphatic rings. The molecular formula is C21H18N2O4S2. The number of rotatable bonds is 2. The average molecular weight is 427 g/mol. The van der Waals surface area contributed by atoms with Gasteiger partial charge in [-0.25, -0.2) is 8.42 Å². The van der Waals surface area contributed by atoms with Gasteiger partial charge in [0.2, 0.25) is 11.8 Å². The van der Waals surface area contributed by atoms with Crippen molar-refractivity contribution >= 4 is 44.6 Å². The van der Waals surface area contributed by atoms with Crippen molar-refractivity contribution in [3.05, 3.63) is 76.7 Å². The maximum Gasteiger partial charge on any atom is 0.247 e. The lowest BCUT2D eigenvalue weighted by atomic mass is 9.64. The summed E-state index contributed by atoms with van der Waals surface area (Å²) in [7, 11) is -3.68. The predicted molar refractivity (Wildman–Crippen MR) is 113 cm³/mol. The van der Waals surface area contributed by atoms with Crippen LogP contribution in [0.2, 0.25) is 0 Å². The van der Waals surface area contributed by atoms with E-state index in [4.69, 9.17) is 12.2 Å². The summed E-state index contributed by atoms with van der Waals surface area (Å²) in [5, 5.41) is 6.03. The summed E-state index contributed by atoms with van der Waals surface area (Å²) in [5.41, 5.74) is 0.459. The molecule has 4 rings (SSSR count). The van der Waals surface area contributed by atoms with Gasteiger partial charge < -0.3 is 10.6 Å². The molecule has 2 aliphatic heterocycles. The summed E-state index contributed by atoms with van der Waals surface area (Å²) in [5.74, 6) is -2.51. The maximum absolute atomic E-state index is 13.3. The van der Waals surface area contributed by atoms with Crippen LogP contribution in [-0.4, -0.2) is 31.1 Å². The summed E-state index contributed by atoms with van der Waals surface area (Å²) in [6, 6.07) is 15.8. The number of hydrogen-bond donors (Lipinski definition) is 2. The Hall–Kier alpha value is -2.84. The summed E-state index contributed by atoms with van der Waals surface area (Å²) in [6.07, 6.45) is 0. The molecule has 29 heavy (non-hydrogen) atoms. The molecule has 148 valence electrons. The number of aryl methyl sites for hydroxylation is 1. The Bertz CT molecular complexity index is 1130. The van der Waals surface area contributed by atoms with Crippen molar-refractivity contribution in [3.8, 4) is 0 Å². The van der Waals surface area contributed by atoms with Crippen LogP contribution in [0.15, 0.2) is 60.0 Å². The highest BCUT2D eigenvalue weighted by Gasteiger charge is 2.61. The fourth-order valence-electron chi connectivity index (χ4n) is 4.02.